The fourth-order valence-corrected chi connectivity index (χ4v) is 4.91. The first-order chi connectivity index (χ1) is 17.8. The molecule has 190 valence electrons. The van der Waals surface area contributed by atoms with Crippen LogP contribution in [0.4, 0.5) is 4.79 Å². The Morgan fingerprint density at radius 1 is 0.973 bits per heavy atom. The number of nitrogens with zero attached hydrogens (tertiary/aromatic N) is 3. The van der Waals surface area contributed by atoms with Crippen LogP contribution in [-0.4, -0.2) is 48.2 Å². The minimum atomic E-state index is -3.21. The fraction of sp³-hybridized carbons (Fsp3) is 0.214. The lowest BCUT2D eigenvalue weighted by atomic mass is 10.1. The van der Waals surface area contributed by atoms with E-state index in [9.17, 15) is 13.2 Å². The molecule has 0 spiro atoms. The van der Waals surface area contributed by atoms with E-state index in [2.05, 4.69) is 39.5 Å². The Kier molecular flexibility index (Phi) is 7.07. The number of rotatable bonds is 8. The highest BCUT2D eigenvalue weighted by molar-refractivity contribution is 7.90. The smallest absolute Gasteiger partial charge is 0.326 e. The summed E-state index contributed by atoms with van der Waals surface area (Å²) in [6, 6.07) is 22.3. The normalized spacial score (nSPS) is 13.3. The van der Waals surface area contributed by atoms with Gasteiger partial charge in [-0.05, 0) is 53.1 Å². The molecule has 8 nitrogen and oxygen atoms in total. The molecule has 4 aromatic rings. The molecule has 1 aliphatic heterocycles. The molecule has 0 aliphatic carbocycles. The van der Waals surface area contributed by atoms with Crippen molar-refractivity contribution >= 4 is 15.9 Å². The Labute approximate surface area is 216 Å². The summed E-state index contributed by atoms with van der Waals surface area (Å²) >= 11 is 0. The van der Waals surface area contributed by atoms with Gasteiger partial charge in [0.2, 0.25) is 0 Å². The number of nitrogens with one attached hydrogen (secondary N) is 1. The van der Waals surface area contributed by atoms with Crippen molar-refractivity contribution in [1.82, 2.24) is 19.8 Å². The van der Waals surface area contributed by atoms with Crippen molar-refractivity contribution in [3.05, 3.63) is 102 Å². The van der Waals surface area contributed by atoms with E-state index in [1.54, 1.807) is 30.5 Å². The number of ether oxygens (including phenoxy) is 1. The second kappa shape index (κ2) is 10.6. The van der Waals surface area contributed by atoms with Gasteiger partial charge in [-0.3, -0.25) is 9.47 Å². The van der Waals surface area contributed by atoms with Crippen LogP contribution in [0.5, 0.6) is 5.75 Å². The minimum absolute atomic E-state index is 0.211. The Morgan fingerprint density at radius 2 is 1.65 bits per heavy atom. The van der Waals surface area contributed by atoms with Crippen LogP contribution < -0.4 is 10.1 Å². The van der Waals surface area contributed by atoms with Gasteiger partial charge in [-0.1, -0.05) is 36.4 Å². The van der Waals surface area contributed by atoms with E-state index in [-0.39, 0.29) is 10.9 Å². The summed E-state index contributed by atoms with van der Waals surface area (Å²) in [7, 11) is -3.21. The van der Waals surface area contributed by atoms with E-state index in [1.807, 2.05) is 24.3 Å². The topological polar surface area (TPSA) is 93.5 Å². The summed E-state index contributed by atoms with van der Waals surface area (Å²) in [5.41, 5.74) is 5.13. The van der Waals surface area contributed by atoms with Crippen LogP contribution in [-0.2, 0) is 29.5 Å². The predicted octanol–water partition coefficient (Wildman–Crippen LogP) is 4.11. The Morgan fingerprint density at radius 3 is 2.30 bits per heavy atom. The molecule has 5 rings (SSSR count). The van der Waals surface area contributed by atoms with Crippen molar-refractivity contribution in [2.24, 2.45) is 0 Å². The molecule has 0 bridgehead atoms. The van der Waals surface area contributed by atoms with Gasteiger partial charge in [0, 0.05) is 44.2 Å². The molecule has 0 atom stereocenters. The number of hydrogen-bond donors (Lipinski definition) is 1. The number of fused-ring (bicyclic) bond motifs is 1. The van der Waals surface area contributed by atoms with E-state index in [0.29, 0.717) is 24.6 Å². The summed E-state index contributed by atoms with van der Waals surface area (Å²) < 4.78 is 30.4. The monoisotopic (exact) mass is 516 g/mol. The van der Waals surface area contributed by atoms with Gasteiger partial charge in [0.1, 0.15) is 18.7 Å². The van der Waals surface area contributed by atoms with Gasteiger partial charge < -0.3 is 10.1 Å². The van der Waals surface area contributed by atoms with Crippen LogP contribution in [0.3, 0.4) is 0 Å². The van der Waals surface area contributed by atoms with Crippen LogP contribution in [0.1, 0.15) is 16.7 Å². The Balaban J connectivity index is 1.10. The number of benzene rings is 3. The second-order valence-corrected chi connectivity index (χ2v) is 11.1. The van der Waals surface area contributed by atoms with Crippen molar-refractivity contribution in [1.29, 1.82) is 0 Å². The van der Waals surface area contributed by atoms with E-state index >= 15 is 0 Å². The van der Waals surface area contributed by atoms with Gasteiger partial charge in [-0.15, -0.1) is 0 Å². The molecule has 0 radical (unpaired) electrons. The molecule has 0 saturated heterocycles. The van der Waals surface area contributed by atoms with Crippen molar-refractivity contribution in [3.63, 3.8) is 0 Å². The molecule has 37 heavy (non-hydrogen) atoms. The fourth-order valence-electron chi connectivity index (χ4n) is 4.28. The molecular formula is C28H28N4O4S. The third kappa shape index (κ3) is 6.07. The highest BCUT2D eigenvalue weighted by Gasteiger charge is 2.18. The quantitative estimate of drug-likeness (QED) is 0.379. The highest BCUT2D eigenvalue weighted by atomic mass is 32.2. The van der Waals surface area contributed by atoms with Crippen LogP contribution in [0, 0.1) is 0 Å². The van der Waals surface area contributed by atoms with E-state index in [0.717, 1.165) is 30.8 Å². The van der Waals surface area contributed by atoms with Crippen molar-refractivity contribution in [3.8, 4) is 17.0 Å². The summed E-state index contributed by atoms with van der Waals surface area (Å²) in [5.74, 6) is 0.678. The van der Waals surface area contributed by atoms with Crippen molar-refractivity contribution in [2.75, 3.05) is 19.3 Å². The molecule has 1 aliphatic rings. The first-order valence-corrected chi connectivity index (χ1v) is 13.9. The molecule has 1 amide bonds. The molecule has 1 aromatic heterocycles. The van der Waals surface area contributed by atoms with E-state index < -0.39 is 9.84 Å². The molecule has 2 heterocycles. The number of imidazole rings is 1. The van der Waals surface area contributed by atoms with Crippen molar-refractivity contribution < 1.29 is 17.9 Å². The number of carbonyl (C=O) groups excluding carboxylic acids is 1. The first kappa shape index (κ1) is 24.7. The maximum Gasteiger partial charge on any atom is 0.326 e. The number of carbonyl (C=O) groups is 1. The third-order valence-corrected chi connectivity index (χ3v) is 7.46. The van der Waals surface area contributed by atoms with Crippen LogP contribution in [0.2, 0.25) is 0 Å². The molecule has 3 aromatic carbocycles. The highest BCUT2D eigenvalue weighted by Crippen LogP contribution is 2.23. The predicted molar refractivity (Wildman–Crippen MR) is 141 cm³/mol. The summed E-state index contributed by atoms with van der Waals surface area (Å²) in [4.78, 5) is 19.5. The zero-order valence-corrected chi connectivity index (χ0v) is 21.3. The van der Waals surface area contributed by atoms with Crippen LogP contribution in [0.15, 0.2) is 90.2 Å². The van der Waals surface area contributed by atoms with Gasteiger partial charge in [0.25, 0.3) is 0 Å². The zero-order valence-electron chi connectivity index (χ0n) is 20.5. The maximum atomic E-state index is 12.6. The average molecular weight is 517 g/mol. The SMILES string of the molecule is CS(=O)(=O)c1ccc(COc2ccc(-c3cn(C(=O)NCCN4Cc5ccccc5C4)cn3)cc2)cc1. The maximum absolute atomic E-state index is 12.6. The number of hydrogen-bond acceptors (Lipinski definition) is 6. The lowest BCUT2D eigenvalue weighted by Crippen LogP contribution is -2.34. The third-order valence-electron chi connectivity index (χ3n) is 6.33. The van der Waals surface area contributed by atoms with E-state index in [4.69, 9.17) is 4.74 Å². The summed E-state index contributed by atoms with van der Waals surface area (Å²) in [5, 5.41) is 2.96. The largest absolute Gasteiger partial charge is 0.489 e. The van der Waals surface area contributed by atoms with Gasteiger partial charge in [0.05, 0.1) is 10.6 Å². The summed E-state index contributed by atoms with van der Waals surface area (Å²) in [6.45, 7) is 3.49. The molecular weight excluding hydrogens is 488 g/mol. The number of amides is 1. The molecule has 0 saturated carbocycles. The van der Waals surface area contributed by atoms with Gasteiger partial charge in [-0.2, -0.15) is 0 Å². The lowest BCUT2D eigenvalue weighted by Gasteiger charge is -2.15. The molecule has 9 heteroatoms. The van der Waals surface area contributed by atoms with Gasteiger partial charge in [0.15, 0.2) is 9.84 Å². The number of sulfone groups is 1. The molecule has 0 unspecified atom stereocenters. The van der Waals surface area contributed by atoms with E-state index in [1.165, 1.54) is 28.3 Å². The summed E-state index contributed by atoms with van der Waals surface area (Å²) in [6.07, 6.45) is 4.41. The lowest BCUT2D eigenvalue weighted by molar-refractivity contribution is 0.237. The average Bonchev–Trinajstić information content (AvgIpc) is 3.55. The molecule has 0 fully saturated rings. The van der Waals surface area contributed by atoms with Gasteiger partial charge >= 0.3 is 6.03 Å². The van der Waals surface area contributed by atoms with Crippen LogP contribution >= 0.6 is 0 Å². The zero-order chi connectivity index (χ0) is 25.8. The van der Waals surface area contributed by atoms with Crippen molar-refractivity contribution in [2.45, 2.75) is 24.6 Å². The first-order valence-electron chi connectivity index (χ1n) is 12.0. The van der Waals surface area contributed by atoms with Crippen LogP contribution in [0.25, 0.3) is 11.3 Å². The minimum Gasteiger partial charge on any atom is -0.489 e. The second-order valence-electron chi connectivity index (χ2n) is 9.11. The number of aromatic nitrogens is 2. The Bertz CT molecular complexity index is 1470. The van der Waals surface area contributed by atoms with Gasteiger partial charge in [-0.25, -0.2) is 18.2 Å². The molecule has 1 N–H and O–H groups in total. The Hall–Kier alpha value is -3.95. The standard InChI is InChI=1S/C28H28N4O4S/c1-37(34,35)26-12-6-21(7-13-26)19-36-25-10-8-22(9-11-25)27-18-32(20-30-27)28(33)29-14-15-31-16-23-4-2-3-5-24(23)17-31/h2-13,18,20H,14-17,19H2,1H3,(H,29,33).